The maximum absolute atomic E-state index is 14.0. The molecule has 4 heterocycles. The van der Waals surface area contributed by atoms with Crippen molar-refractivity contribution in [1.82, 2.24) is 35.3 Å². The van der Waals surface area contributed by atoms with Crippen LogP contribution in [0.25, 0.3) is 0 Å². The average molecular weight is 873 g/mol. The Kier molecular flexibility index (Phi) is 14.5. The smallest absolute Gasteiger partial charge is 0.266 e. The first kappa shape index (κ1) is 44.6. The van der Waals surface area contributed by atoms with E-state index in [1.165, 1.54) is 28.7 Å². The topological polar surface area (TPSA) is 193 Å². The number of piperidine rings is 1. The number of hydrogen-bond acceptors (Lipinski definition) is 13. The molecule has 3 aliphatic heterocycles. The number of hydrogen-bond donors (Lipinski definition) is 2. The summed E-state index contributed by atoms with van der Waals surface area (Å²) >= 11 is 6.19. The van der Waals surface area contributed by atoms with E-state index in [-0.39, 0.29) is 54.7 Å². The summed E-state index contributed by atoms with van der Waals surface area (Å²) in [5.41, 5.74) is 3.32. The van der Waals surface area contributed by atoms with E-state index >= 15 is 0 Å². The van der Waals surface area contributed by atoms with Crippen molar-refractivity contribution >= 4 is 52.9 Å². The van der Waals surface area contributed by atoms with Crippen LogP contribution in [-0.2, 0) is 28.7 Å². The second-order valence-corrected chi connectivity index (χ2v) is 16.5. The standard InChI is InChI=1S/C44H53ClN8O9/c1-27-23-28(2)39-37(27)40(48-26-47-39)51-14-16-52(17-15-51)42(57)32(29-7-9-30(45)10-8-29)24-46-13-19-60-21-22-61-20-18-50(3)36(55)25-62-34-6-4-5-31-38(34)44(59)53(43(31)58)33-11-12-35(54)49-41(33)56/h4-10,26-28,32-33,46H,11-25H2,1-3H3,(H,49,54,56)/t27-,28-,32-,33?/m1/s1. The summed E-state index contributed by atoms with van der Waals surface area (Å²) in [7, 11) is 1.60. The minimum Gasteiger partial charge on any atom is -0.483 e. The molecule has 2 fully saturated rings. The van der Waals surface area contributed by atoms with E-state index in [2.05, 4.69) is 39.3 Å². The van der Waals surface area contributed by atoms with Crippen molar-refractivity contribution in [2.24, 2.45) is 0 Å². The van der Waals surface area contributed by atoms with E-state index < -0.39 is 42.2 Å². The predicted octanol–water partition coefficient (Wildman–Crippen LogP) is 2.73. The van der Waals surface area contributed by atoms with Crippen molar-refractivity contribution in [3.63, 3.8) is 0 Å². The number of anilines is 1. The van der Waals surface area contributed by atoms with Crippen LogP contribution in [0.3, 0.4) is 0 Å². The number of fused-ring (bicyclic) bond motifs is 2. The Bertz CT molecular complexity index is 2170. The van der Waals surface area contributed by atoms with Crippen molar-refractivity contribution in [2.75, 3.05) is 90.8 Å². The van der Waals surface area contributed by atoms with E-state index in [0.29, 0.717) is 75.9 Å². The number of imide groups is 2. The van der Waals surface area contributed by atoms with E-state index in [1.807, 2.05) is 29.2 Å². The second-order valence-electron chi connectivity index (χ2n) is 16.1. The van der Waals surface area contributed by atoms with Gasteiger partial charge in [-0.2, -0.15) is 0 Å². The van der Waals surface area contributed by atoms with Crippen molar-refractivity contribution in [1.29, 1.82) is 0 Å². The van der Waals surface area contributed by atoms with Gasteiger partial charge in [0.1, 0.15) is 23.9 Å². The molecule has 0 spiro atoms. The fourth-order valence-electron chi connectivity index (χ4n) is 8.57. The number of halogens is 1. The molecule has 3 aromatic rings. The lowest BCUT2D eigenvalue weighted by atomic mass is 9.97. The molecule has 0 saturated carbocycles. The molecule has 4 atom stereocenters. The van der Waals surface area contributed by atoms with Crippen LogP contribution in [-0.4, -0.2) is 152 Å². The molecule has 1 aliphatic carbocycles. The largest absolute Gasteiger partial charge is 0.483 e. The normalized spacial score (nSPS) is 20.3. The van der Waals surface area contributed by atoms with Gasteiger partial charge in [-0.05, 0) is 54.5 Å². The summed E-state index contributed by atoms with van der Waals surface area (Å²) < 4.78 is 17.1. The predicted molar refractivity (Wildman–Crippen MR) is 227 cm³/mol. The maximum atomic E-state index is 14.0. The highest BCUT2D eigenvalue weighted by Crippen LogP contribution is 2.44. The number of piperazine rings is 1. The molecule has 18 heteroatoms. The van der Waals surface area contributed by atoms with E-state index in [1.54, 1.807) is 13.4 Å². The summed E-state index contributed by atoms with van der Waals surface area (Å²) in [4.78, 5) is 93.0. The van der Waals surface area contributed by atoms with E-state index in [9.17, 15) is 28.8 Å². The molecule has 2 saturated heterocycles. The third-order valence-corrected chi connectivity index (χ3v) is 12.2. The molecule has 7 rings (SSSR count). The van der Waals surface area contributed by atoms with Gasteiger partial charge in [0.25, 0.3) is 17.7 Å². The van der Waals surface area contributed by atoms with Crippen LogP contribution in [0.1, 0.15) is 88.4 Å². The van der Waals surface area contributed by atoms with Gasteiger partial charge in [0.15, 0.2) is 6.61 Å². The first-order valence-electron chi connectivity index (χ1n) is 21.1. The highest BCUT2D eigenvalue weighted by Gasteiger charge is 2.46. The van der Waals surface area contributed by atoms with Crippen LogP contribution >= 0.6 is 11.6 Å². The number of likely N-dealkylation sites (N-methyl/N-ethyl adjacent to an activating group) is 1. The average Bonchev–Trinajstić information content (AvgIpc) is 3.71. The third-order valence-electron chi connectivity index (χ3n) is 11.9. The zero-order valence-corrected chi connectivity index (χ0v) is 36.0. The molecular formula is C44H53ClN8O9. The molecule has 330 valence electrons. The van der Waals surface area contributed by atoms with Crippen LogP contribution in [0.5, 0.6) is 5.75 Å². The van der Waals surface area contributed by atoms with Gasteiger partial charge in [0, 0.05) is 69.9 Å². The van der Waals surface area contributed by atoms with Crippen LogP contribution < -0.4 is 20.3 Å². The first-order valence-corrected chi connectivity index (χ1v) is 21.5. The van der Waals surface area contributed by atoms with E-state index in [0.717, 1.165) is 28.4 Å². The highest BCUT2D eigenvalue weighted by atomic mass is 35.5. The Hall–Kier alpha value is -5.49. The molecule has 0 radical (unpaired) electrons. The fourth-order valence-corrected chi connectivity index (χ4v) is 8.70. The van der Waals surface area contributed by atoms with Gasteiger partial charge in [-0.15, -0.1) is 0 Å². The second kappa shape index (κ2) is 20.1. The summed E-state index contributed by atoms with van der Waals surface area (Å²) in [5, 5.41) is 6.16. The molecule has 6 amide bonds. The number of rotatable bonds is 18. The highest BCUT2D eigenvalue weighted by molar-refractivity contribution is 6.30. The van der Waals surface area contributed by atoms with Crippen LogP contribution in [0.15, 0.2) is 48.8 Å². The van der Waals surface area contributed by atoms with E-state index in [4.69, 9.17) is 25.8 Å². The molecule has 1 unspecified atom stereocenters. The number of nitrogens with one attached hydrogen (secondary N) is 2. The Morgan fingerprint density at radius 2 is 1.68 bits per heavy atom. The van der Waals surface area contributed by atoms with Gasteiger partial charge >= 0.3 is 0 Å². The Balaban J connectivity index is 0.792. The van der Waals surface area contributed by atoms with Crippen LogP contribution in [0.2, 0.25) is 5.02 Å². The summed E-state index contributed by atoms with van der Waals surface area (Å²) in [6.45, 7) is 9.19. The van der Waals surface area contributed by atoms with Gasteiger partial charge in [-0.25, -0.2) is 9.97 Å². The molecule has 4 aliphatic rings. The SMILES string of the molecule is C[C@@H]1C[C@@H](C)c2c1ncnc2N1CCN(C(=O)[C@H](CNCCOCCOCCN(C)C(=O)COc2cccc3c2C(=O)N(C2CCC(=O)NC2=O)C3=O)c2ccc(Cl)cc2)CC1. The Morgan fingerprint density at radius 3 is 2.42 bits per heavy atom. The van der Waals surface area contributed by atoms with Crippen LogP contribution in [0, 0.1) is 0 Å². The zero-order valence-electron chi connectivity index (χ0n) is 35.3. The van der Waals surface area contributed by atoms with Crippen LogP contribution in [0.4, 0.5) is 5.82 Å². The molecule has 1 aromatic heterocycles. The number of ether oxygens (including phenoxy) is 3. The lowest BCUT2D eigenvalue weighted by Crippen LogP contribution is -2.54. The summed E-state index contributed by atoms with van der Waals surface area (Å²) in [5.74, 6) is -1.38. The molecule has 17 nitrogen and oxygen atoms in total. The Labute approximate surface area is 365 Å². The van der Waals surface area contributed by atoms with Gasteiger partial charge in [-0.1, -0.05) is 43.6 Å². The maximum Gasteiger partial charge on any atom is 0.266 e. The van der Waals surface area contributed by atoms with Crippen molar-refractivity contribution in [3.8, 4) is 5.75 Å². The Morgan fingerprint density at radius 1 is 0.935 bits per heavy atom. The van der Waals surface area contributed by atoms with Crippen molar-refractivity contribution in [3.05, 3.63) is 81.8 Å². The lowest BCUT2D eigenvalue weighted by Gasteiger charge is -2.38. The number of aromatic nitrogens is 2. The molecule has 2 N–H and O–H groups in total. The number of carbonyl (C=O) groups is 6. The van der Waals surface area contributed by atoms with Crippen molar-refractivity contribution < 1.29 is 43.0 Å². The fraction of sp³-hybridized carbons (Fsp3) is 0.500. The van der Waals surface area contributed by atoms with Gasteiger partial charge in [-0.3, -0.25) is 39.0 Å². The monoisotopic (exact) mass is 872 g/mol. The number of nitrogens with zero attached hydrogens (tertiary/aromatic N) is 6. The lowest BCUT2D eigenvalue weighted by molar-refractivity contribution is -0.136. The number of carbonyl (C=O) groups excluding carboxylic acids is 6. The number of amides is 6. The summed E-state index contributed by atoms with van der Waals surface area (Å²) in [6.07, 6.45) is 2.78. The number of benzene rings is 2. The zero-order chi connectivity index (χ0) is 43.9. The van der Waals surface area contributed by atoms with Gasteiger partial charge in [0.05, 0.1) is 49.2 Å². The van der Waals surface area contributed by atoms with Crippen molar-refractivity contribution in [2.45, 2.75) is 56.9 Å². The molecule has 0 bridgehead atoms. The summed E-state index contributed by atoms with van der Waals surface area (Å²) in [6, 6.07) is 10.8. The molecular weight excluding hydrogens is 820 g/mol. The molecule has 62 heavy (non-hydrogen) atoms. The first-order chi connectivity index (χ1) is 29.9. The quantitative estimate of drug-likeness (QED) is 0.140. The minimum atomic E-state index is -1.11. The van der Waals surface area contributed by atoms with Gasteiger partial charge < -0.3 is 34.2 Å². The third kappa shape index (κ3) is 9.91. The minimum absolute atomic E-state index is 0.00629. The van der Waals surface area contributed by atoms with Gasteiger partial charge in [0.2, 0.25) is 17.7 Å². The molecule has 2 aromatic carbocycles.